The maximum atomic E-state index is 4.78. The molecule has 1 fully saturated rings. The smallest absolute Gasteiger partial charge is 0.0515 e. The summed E-state index contributed by atoms with van der Waals surface area (Å²) in [5, 5.41) is 0. The molecule has 0 aromatic heterocycles. The van der Waals surface area contributed by atoms with Crippen LogP contribution in [0.2, 0.25) is 0 Å². The van der Waals surface area contributed by atoms with E-state index in [2.05, 4.69) is 35.3 Å². The predicted molar refractivity (Wildman–Crippen MR) is 128 cm³/mol. The zero-order valence-corrected chi connectivity index (χ0v) is 22.1. The van der Waals surface area contributed by atoms with Gasteiger partial charge in [0.15, 0.2) is 0 Å². The van der Waals surface area contributed by atoms with Crippen LogP contribution in [-0.4, -0.2) is 93.6 Å². The Balaban J connectivity index is -0.0000000807. The maximum absolute atomic E-state index is 4.78. The summed E-state index contributed by atoms with van der Waals surface area (Å²) in [7, 11) is 12.2. The van der Waals surface area contributed by atoms with Gasteiger partial charge in [0, 0.05) is 62.5 Å². The fraction of sp³-hybridized carbons (Fsp3) is 1.00. The van der Waals surface area contributed by atoms with Crippen LogP contribution in [0.1, 0.15) is 66.7 Å². The molecule has 0 N–H and O–H groups in total. The van der Waals surface area contributed by atoms with Crippen LogP contribution >= 0.6 is 0 Å². The van der Waals surface area contributed by atoms with E-state index in [-0.39, 0.29) is 0 Å². The molecular weight excluding hydrogens is 370 g/mol. The molecule has 0 aliphatic carbocycles. The third kappa shape index (κ3) is 84.6. The van der Waals surface area contributed by atoms with E-state index in [0.29, 0.717) is 6.10 Å². The van der Waals surface area contributed by atoms with Crippen LogP contribution in [0.15, 0.2) is 0 Å². The van der Waals surface area contributed by atoms with E-state index in [9.17, 15) is 0 Å². The molecule has 0 radical (unpaired) electrons. The molecule has 0 amide bonds. The minimum atomic E-state index is 0.384. The van der Waals surface area contributed by atoms with Gasteiger partial charge in [0.2, 0.25) is 0 Å². The number of rotatable bonds is 7. The lowest BCUT2D eigenvalue weighted by Gasteiger charge is -2.01. The quantitative estimate of drug-likeness (QED) is 0.524. The highest BCUT2D eigenvalue weighted by molar-refractivity contribution is 4.59. The van der Waals surface area contributed by atoms with E-state index in [1.54, 1.807) is 42.7 Å². The summed E-state index contributed by atoms with van der Waals surface area (Å²) in [4.78, 5) is 2.36. The third-order valence-electron chi connectivity index (χ3n) is 3.20. The summed E-state index contributed by atoms with van der Waals surface area (Å²) in [5.41, 5.74) is 0. The Hall–Kier alpha value is -0.240. The van der Waals surface area contributed by atoms with Crippen molar-refractivity contribution in [3.05, 3.63) is 0 Å². The molecule has 1 rings (SSSR count). The largest absolute Gasteiger partial charge is 0.388 e. The highest BCUT2D eigenvalue weighted by atomic mass is 16.5. The molecule has 1 aliphatic rings. The minimum absolute atomic E-state index is 0.384. The second-order valence-electron chi connectivity index (χ2n) is 6.62. The van der Waals surface area contributed by atoms with Gasteiger partial charge in [-0.1, -0.05) is 20.3 Å². The van der Waals surface area contributed by atoms with Crippen molar-refractivity contribution in [1.82, 2.24) is 4.90 Å². The summed E-state index contributed by atoms with van der Waals surface area (Å²) < 4.78 is 23.0. The second-order valence-corrected chi connectivity index (χ2v) is 6.62. The van der Waals surface area contributed by atoms with Crippen molar-refractivity contribution in [2.45, 2.75) is 72.8 Å². The van der Waals surface area contributed by atoms with Crippen molar-refractivity contribution in [2.24, 2.45) is 0 Å². The Labute approximate surface area is 184 Å². The Morgan fingerprint density at radius 1 is 0.724 bits per heavy atom. The van der Waals surface area contributed by atoms with Crippen molar-refractivity contribution in [3.8, 4) is 0 Å². The van der Waals surface area contributed by atoms with E-state index < -0.39 is 0 Å². The van der Waals surface area contributed by atoms with Gasteiger partial charge in [-0.2, -0.15) is 0 Å². The predicted octanol–water partition coefficient (Wildman–Crippen LogP) is 5.14. The molecule has 0 atom stereocenters. The second kappa shape index (κ2) is 46.1. The topological polar surface area (TPSA) is 49.4 Å². The lowest BCUT2D eigenvalue weighted by atomic mass is 10.4. The van der Waals surface area contributed by atoms with Crippen LogP contribution in [0.4, 0.5) is 0 Å². The SMILES string of the molecule is CCCCOC.CCCOC.CCOC.CN1CCCC1.COC.COC(C)C. The minimum Gasteiger partial charge on any atom is -0.388 e. The lowest BCUT2D eigenvalue weighted by molar-refractivity contribution is 0.134. The van der Waals surface area contributed by atoms with Gasteiger partial charge >= 0.3 is 0 Å². The Morgan fingerprint density at radius 3 is 1.17 bits per heavy atom. The number of nitrogens with zero attached hydrogens (tertiary/aromatic N) is 1. The number of ether oxygens (including phenoxy) is 5. The van der Waals surface area contributed by atoms with Crippen LogP contribution in [0.5, 0.6) is 0 Å². The standard InChI is InChI=1S/C5H11N.C5H12O.2C4H10O.C3H8O.C2H6O/c1-6-4-2-3-5-6;1-3-4-5-6-2;1-4(2)5-3;1-3-4-5-2;1-3-4-2;1-3-2/h2-5H2,1H3;3-5H2,1-2H3;4H,1-3H3;3-4H2,1-2H3;3H2,1-2H3;1-2H3. The van der Waals surface area contributed by atoms with Gasteiger partial charge in [-0.25, -0.2) is 0 Å². The van der Waals surface area contributed by atoms with Gasteiger partial charge < -0.3 is 28.6 Å². The van der Waals surface area contributed by atoms with E-state index in [1.165, 1.54) is 38.8 Å². The molecular formula is C23H57NO5. The number of methoxy groups -OCH3 is 5. The van der Waals surface area contributed by atoms with Crippen molar-refractivity contribution < 1.29 is 23.7 Å². The first-order chi connectivity index (χ1) is 13.8. The zero-order valence-electron chi connectivity index (χ0n) is 22.1. The zero-order chi connectivity index (χ0) is 23.8. The van der Waals surface area contributed by atoms with Crippen molar-refractivity contribution in [2.75, 3.05) is 82.6 Å². The molecule has 0 unspecified atom stereocenters. The number of hydrogen-bond donors (Lipinski definition) is 0. The molecule has 0 saturated carbocycles. The highest BCUT2D eigenvalue weighted by Crippen LogP contribution is 2.02. The van der Waals surface area contributed by atoms with E-state index in [4.69, 9.17) is 14.2 Å². The molecule has 1 saturated heterocycles. The summed E-state index contributed by atoms with van der Waals surface area (Å²) in [6.07, 6.45) is 6.75. The van der Waals surface area contributed by atoms with Crippen molar-refractivity contribution >= 4 is 0 Å². The molecule has 1 aliphatic heterocycles. The maximum Gasteiger partial charge on any atom is 0.0515 e. The fourth-order valence-corrected chi connectivity index (χ4v) is 1.37. The van der Waals surface area contributed by atoms with Gasteiger partial charge in [0.05, 0.1) is 6.10 Å². The fourth-order valence-electron chi connectivity index (χ4n) is 1.37. The first kappa shape index (κ1) is 39.3. The Kier molecular flexibility index (Phi) is 62.4. The average molecular weight is 428 g/mol. The van der Waals surface area contributed by atoms with Gasteiger partial charge in [0.1, 0.15) is 0 Å². The molecule has 184 valence electrons. The Morgan fingerprint density at radius 2 is 1.10 bits per heavy atom. The monoisotopic (exact) mass is 427 g/mol. The summed E-state index contributed by atoms with van der Waals surface area (Å²) in [5.74, 6) is 0. The third-order valence-corrected chi connectivity index (χ3v) is 3.20. The number of unbranched alkanes of at least 4 members (excludes halogenated alkanes) is 1. The highest BCUT2D eigenvalue weighted by Gasteiger charge is 2.03. The Bertz CT molecular complexity index is 194. The molecule has 6 nitrogen and oxygen atoms in total. The summed E-state index contributed by atoms with van der Waals surface area (Å²) >= 11 is 0. The average Bonchev–Trinajstić information content (AvgIpc) is 3.20. The molecule has 0 spiro atoms. The molecule has 0 aromatic rings. The van der Waals surface area contributed by atoms with E-state index in [1.807, 2.05) is 20.8 Å². The van der Waals surface area contributed by atoms with Crippen LogP contribution in [0.3, 0.4) is 0 Å². The first-order valence-electron chi connectivity index (χ1n) is 10.9. The van der Waals surface area contributed by atoms with Crippen LogP contribution in [0, 0.1) is 0 Å². The lowest BCUT2D eigenvalue weighted by Crippen LogP contribution is -2.10. The van der Waals surface area contributed by atoms with E-state index >= 15 is 0 Å². The van der Waals surface area contributed by atoms with Gasteiger partial charge in [0.25, 0.3) is 0 Å². The van der Waals surface area contributed by atoms with Crippen molar-refractivity contribution in [3.63, 3.8) is 0 Å². The van der Waals surface area contributed by atoms with Gasteiger partial charge in [-0.3, -0.25) is 0 Å². The summed E-state index contributed by atoms with van der Waals surface area (Å²) in [6, 6.07) is 0. The molecule has 0 bridgehead atoms. The normalized spacial score (nSPS) is 11.9. The number of hydrogen-bond acceptors (Lipinski definition) is 6. The van der Waals surface area contributed by atoms with Gasteiger partial charge in [-0.15, -0.1) is 0 Å². The summed E-state index contributed by atoms with van der Waals surface area (Å²) in [6.45, 7) is 15.5. The van der Waals surface area contributed by atoms with Gasteiger partial charge in [-0.05, 0) is 66.6 Å². The molecule has 6 heteroatoms. The number of likely N-dealkylation sites (tertiary alicyclic amines) is 1. The van der Waals surface area contributed by atoms with Crippen molar-refractivity contribution in [1.29, 1.82) is 0 Å². The van der Waals surface area contributed by atoms with Crippen LogP contribution < -0.4 is 0 Å². The van der Waals surface area contributed by atoms with Crippen LogP contribution in [0.25, 0.3) is 0 Å². The van der Waals surface area contributed by atoms with E-state index in [0.717, 1.165) is 26.2 Å². The van der Waals surface area contributed by atoms with Crippen LogP contribution in [-0.2, 0) is 23.7 Å². The first-order valence-corrected chi connectivity index (χ1v) is 10.9. The molecule has 29 heavy (non-hydrogen) atoms. The molecule has 0 aromatic carbocycles. The molecule has 1 heterocycles.